The summed E-state index contributed by atoms with van der Waals surface area (Å²) in [7, 11) is 0. The highest BCUT2D eigenvalue weighted by molar-refractivity contribution is 6.20. The van der Waals surface area contributed by atoms with Gasteiger partial charge in [-0.25, -0.2) is 13.6 Å². The number of halogens is 2. The fourth-order valence-electron chi connectivity index (χ4n) is 2.27. The topological polar surface area (TPSA) is 63.7 Å². The van der Waals surface area contributed by atoms with Crippen LogP contribution in [-0.4, -0.2) is 28.8 Å². The fourth-order valence-corrected chi connectivity index (χ4v) is 2.27. The highest BCUT2D eigenvalue weighted by atomic mass is 19.3. The SMILES string of the molecule is O=C(CCC1CC1(F)F)ON1C(=O)c2ccccc2C1=O. The summed E-state index contributed by atoms with van der Waals surface area (Å²) in [6.45, 7) is 0. The molecule has 0 saturated heterocycles. The molecule has 0 bridgehead atoms. The lowest BCUT2D eigenvalue weighted by molar-refractivity contribution is -0.168. The van der Waals surface area contributed by atoms with E-state index in [1.807, 2.05) is 0 Å². The molecule has 7 heteroatoms. The second kappa shape index (κ2) is 4.61. The molecule has 3 rings (SSSR count). The Morgan fingerprint density at radius 2 is 1.76 bits per heavy atom. The molecule has 0 radical (unpaired) electrons. The van der Waals surface area contributed by atoms with Crippen LogP contribution in [0.4, 0.5) is 8.78 Å². The number of carbonyl (C=O) groups excluding carboxylic acids is 3. The zero-order valence-electron chi connectivity index (χ0n) is 10.8. The summed E-state index contributed by atoms with van der Waals surface area (Å²) >= 11 is 0. The number of alkyl halides is 2. The van der Waals surface area contributed by atoms with Crippen LogP contribution in [0.25, 0.3) is 0 Å². The first kappa shape index (κ1) is 13.7. The van der Waals surface area contributed by atoms with E-state index in [1.165, 1.54) is 12.1 Å². The Morgan fingerprint density at radius 3 is 2.24 bits per heavy atom. The molecule has 110 valence electrons. The predicted octanol–water partition coefficient (Wildman–Crippen LogP) is 2.18. The molecule has 1 aliphatic heterocycles. The predicted molar refractivity (Wildman–Crippen MR) is 65.3 cm³/mol. The van der Waals surface area contributed by atoms with Gasteiger partial charge in [-0.2, -0.15) is 0 Å². The minimum Gasteiger partial charge on any atom is -0.330 e. The molecule has 1 atom stereocenters. The van der Waals surface area contributed by atoms with E-state index in [2.05, 4.69) is 0 Å². The molecule has 21 heavy (non-hydrogen) atoms. The van der Waals surface area contributed by atoms with E-state index in [0.717, 1.165) is 0 Å². The summed E-state index contributed by atoms with van der Waals surface area (Å²) < 4.78 is 25.4. The van der Waals surface area contributed by atoms with E-state index in [0.29, 0.717) is 5.06 Å². The lowest BCUT2D eigenvalue weighted by Gasteiger charge is -2.12. The third kappa shape index (κ3) is 2.39. The number of nitrogens with zero attached hydrogens (tertiary/aromatic N) is 1. The molecule has 1 heterocycles. The van der Waals surface area contributed by atoms with Crippen LogP contribution in [0.5, 0.6) is 0 Å². The monoisotopic (exact) mass is 295 g/mol. The number of hydroxylamine groups is 2. The van der Waals surface area contributed by atoms with Crippen LogP contribution in [0.15, 0.2) is 24.3 Å². The van der Waals surface area contributed by atoms with Crippen LogP contribution in [0.3, 0.4) is 0 Å². The molecule has 1 fully saturated rings. The van der Waals surface area contributed by atoms with E-state index < -0.39 is 29.6 Å². The average Bonchev–Trinajstić information content (AvgIpc) is 3.01. The van der Waals surface area contributed by atoms with Crippen molar-refractivity contribution in [1.29, 1.82) is 0 Å². The zero-order chi connectivity index (χ0) is 15.2. The number of amides is 2. The van der Waals surface area contributed by atoms with Crippen LogP contribution < -0.4 is 0 Å². The van der Waals surface area contributed by atoms with Crippen LogP contribution >= 0.6 is 0 Å². The smallest absolute Gasteiger partial charge is 0.330 e. The van der Waals surface area contributed by atoms with Crippen molar-refractivity contribution < 1.29 is 28.0 Å². The van der Waals surface area contributed by atoms with Gasteiger partial charge in [0.25, 0.3) is 17.7 Å². The summed E-state index contributed by atoms with van der Waals surface area (Å²) in [6, 6.07) is 6.08. The van der Waals surface area contributed by atoms with Crippen LogP contribution in [0.1, 0.15) is 40.0 Å². The van der Waals surface area contributed by atoms with Crippen molar-refractivity contribution in [2.45, 2.75) is 25.2 Å². The lowest BCUT2D eigenvalue weighted by Crippen LogP contribution is -2.32. The number of benzene rings is 1. The Hall–Kier alpha value is -2.31. The maximum absolute atomic E-state index is 12.7. The molecule has 2 amide bonds. The van der Waals surface area contributed by atoms with Gasteiger partial charge < -0.3 is 4.84 Å². The quantitative estimate of drug-likeness (QED) is 0.799. The Labute approximate surface area is 118 Å². The molecule has 0 aromatic heterocycles. The van der Waals surface area contributed by atoms with Crippen molar-refractivity contribution in [2.24, 2.45) is 5.92 Å². The Balaban J connectivity index is 1.60. The Kier molecular flexibility index (Phi) is 3.00. The second-order valence-corrected chi connectivity index (χ2v) is 5.11. The van der Waals surface area contributed by atoms with E-state index in [4.69, 9.17) is 4.84 Å². The summed E-state index contributed by atoms with van der Waals surface area (Å²) in [4.78, 5) is 40.1. The van der Waals surface area contributed by atoms with Gasteiger partial charge in [-0.1, -0.05) is 17.2 Å². The van der Waals surface area contributed by atoms with E-state index >= 15 is 0 Å². The summed E-state index contributed by atoms with van der Waals surface area (Å²) in [5.74, 6) is -5.82. The Bertz CT molecular complexity index is 609. The summed E-state index contributed by atoms with van der Waals surface area (Å²) in [5.41, 5.74) is 0.313. The molecule has 0 spiro atoms. The second-order valence-electron chi connectivity index (χ2n) is 5.11. The van der Waals surface area contributed by atoms with Gasteiger partial charge >= 0.3 is 5.97 Å². The molecule has 1 aromatic rings. The van der Waals surface area contributed by atoms with Gasteiger partial charge in [0.1, 0.15) is 0 Å². The number of imide groups is 1. The molecule has 1 aromatic carbocycles. The van der Waals surface area contributed by atoms with Crippen LogP contribution in [0, 0.1) is 5.92 Å². The molecule has 1 aliphatic carbocycles. The van der Waals surface area contributed by atoms with Gasteiger partial charge in [0.2, 0.25) is 0 Å². The first-order chi connectivity index (χ1) is 9.90. The number of carbonyl (C=O) groups is 3. The van der Waals surface area contributed by atoms with Gasteiger partial charge in [0, 0.05) is 18.8 Å². The van der Waals surface area contributed by atoms with Crippen molar-refractivity contribution >= 4 is 17.8 Å². The minimum atomic E-state index is -2.70. The largest absolute Gasteiger partial charge is 0.333 e. The first-order valence-corrected chi connectivity index (χ1v) is 6.46. The first-order valence-electron chi connectivity index (χ1n) is 6.46. The molecule has 1 unspecified atom stereocenters. The summed E-state index contributed by atoms with van der Waals surface area (Å²) in [6.07, 6.45) is -0.504. The average molecular weight is 295 g/mol. The number of hydrogen-bond acceptors (Lipinski definition) is 4. The molecular formula is C14H11F2NO4. The van der Waals surface area contributed by atoms with Crippen molar-refractivity contribution in [3.05, 3.63) is 35.4 Å². The van der Waals surface area contributed by atoms with Gasteiger partial charge in [-0.15, -0.1) is 0 Å². The lowest BCUT2D eigenvalue weighted by atomic mass is 10.1. The maximum Gasteiger partial charge on any atom is 0.333 e. The highest BCUT2D eigenvalue weighted by Gasteiger charge is 2.56. The molecule has 2 aliphatic rings. The van der Waals surface area contributed by atoms with Gasteiger partial charge in [0.15, 0.2) is 0 Å². The zero-order valence-corrected chi connectivity index (χ0v) is 10.8. The third-order valence-electron chi connectivity index (χ3n) is 3.60. The molecule has 1 saturated carbocycles. The van der Waals surface area contributed by atoms with Crippen molar-refractivity contribution in [3.8, 4) is 0 Å². The normalized spacial score (nSPS) is 22.2. The van der Waals surface area contributed by atoms with E-state index in [1.54, 1.807) is 12.1 Å². The molecular weight excluding hydrogens is 284 g/mol. The third-order valence-corrected chi connectivity index (χ3v) is 3.60. The van der Waals surface area contributed by atoms with E-state index in [-0.39, 0.29) is 30.4 Å². The van der Waals surface area contributed by atoms with Gasteiger partial charge in [-0.3, -0.25) is 9.59 Å². The maximum atomic E-state index is 12.7. The van der Waals surface area contributed by atoms with Crippen molar-refractivity contribution in [3.63, 3.8) is 0 Å². The number of rotatable bonds is 4. The van der Waals surface area contributed by atoms with Gasteiger partial charge in [0.05, 0.1) is 11.1 Å². The van der Waals surface area contributed by atoms with Crippen LogP contribution in [-0.2, 0) is 9.63 Å². The van der Waals surface area contributed by atoms with E-state index in [9.17, 15) is 23.2 Å². The van der Waals surface area contributed by atoms with Crippen molar-refractivity contribution in [2.75, 3.05) is 0 Å². The van der Waals surface area contributed by atoms with Gasteiger partial charge in [-0.05, 0) is 18.6 Å². The highest BCUT2D eigenvalue weighted by Crippen LogP contribution is 2.51. The minimum absolute atomic E-state index is 0.0188. The fraction of sp³-hybridized carbons (Fsp3) is 0.357. The van der Waals surface area contributed by atoms with Crippen LogP contribution in [0.2, 0.25) is 0 Å². The molecule has 5 nitrogen and oxygen atoms in total. The number of hydrogen-bond donors (Lipinski definition) is 0. The standard InChI is InChI=1S/C14H11F2NO4/c15-14(16)7-8(14)5-6-11(18)21-17-12(19)9-3-1-2-4-10(9)13(17)20/h1-4,8H,5-7H2. The summed E-state index contributed by atoms with van der Waals surface area (Å²) in [5, 5.41) is 0.387. The molecule has 0 N–H and O–H groups in total. The van der Waals surface area contributed by atoms with Crippen molar-refractivity contribution in [1.82, 2.24) is 5.06 Å². The Morgan fingerprint density at radius 1 is 1.24 bits per heavy atom. The number of fused-ring (bicyclic) bond motifs is 1.